The summed E-state index contributed by atoms with van der Waals surface area (Å²) in [4.78, 5) is 12.7. The molecule has 0 spiro atoms. The Balaban J connectivity index is 0.000000134. The quantitative estimate of drug-likeness (QED) is 0.130. The smallest absolute Gasteiger partial charge is 0.423 e. The fraction of sp³-hybridized carbons (Fsp3) is 0.143. The van der Waals surface area contributed by atoms with Crippen molar-refractivity contribution < 1.29 is 10.0 Å². The second kappa shape index (κ2) is 18.1. The van der Waals surface area contributed by atoms with Gasteiger partial charge in [-0.05, 0) is 149 Å². The molecule has 6 N–H and O–H groups in total. The summed E-state index contributed by atoms with van der Waals surface area (Å²) in [5, 5.41) is 30.2. The average molecular weight is 903 g/mol. The lowest BCUT2D eigenvalue weighted by Gasteiger charge is -2.10. The van der Waals surface area contributed by atoms with E-state index in [4.69, 9.17) is 21.5 Å². The van der Waals surface area contributed by atoms with Crippen molar-refractivity contribution in [3.05, 3.63) is 152 Å². The first-order valence-electron chi connectivity index (χ1n) is 18.2. The average Bonchev–Trinajstić information content (AvgIpc) is 3.87. The van der Waals surface area contributed by atoms with Gasteiger partial charge in [-0.2, -0.15) is 9.97 Å². The first kappa shape index (κ1) is 41.7. The molecule has 3 aromatic carbocycles. The molecule has 0 amide bonds. The van der Waals surface area contributed by atoms with Gasteiger partial charge in [-0.15, -0.1) is 15.3 Å². The summed E-state index contributed by atoms with van der Waals surface area (Å²) >= 11 is 6.66. The third-order valence-corrected chi connectivity index (χ3v) is 10.3. The molecular formula is C42H42BBr2N11O2. The molecule has 0 aliphatic carbocycles. The fourth-order valence-electron chi connectivity index (χ4n) is 6.80. The Bertz CT molecular complexity index is 2680. The van der Waals surface area contributed by atoms with Gasteiger partial charge in [-0.25, -0.2) is 18.5 Å². The summed E-state index contributed by atoms with van der Waals surface area (Å²) in [6, 6.07) is 30.1. The maximum Gasteiger partial charge on any atom is 0.488 e. The molecule has 16 heteroatoms. The van der Waals surface area contributed by atoms with Crippen molar-refractivity contribution in [2.45, 2.75) is 41.5 Å². The maximum absolute atomic E-state index is 8.94. The zero-order valence-corrected chi connectivity index (χ0v) is 36.0. The molecule has 9 rings (SSSR count). The lowest BCUT2D eigenvalue weighted by atomic mass is 9.74. The molecule has 58 heavy (non-hydrogen) atoms. The van der Waals surface area contributed by atoms with Gasteiger partial charge in [0, 0.05) is 29.7 Å². The van der Waals surface area contributed by atoms with Gasteiger partial charge in [0.2, 0.25) is 16.6 Å². The zero-order chi connectivity index (χ0) is 41.7. The van der Waals surface area contributed by atoms with E-state index in [1.165, 1.54) is 33.4 Å². The first-order valence-corrected chi connectivity index (χ1v) is 19.8. The Morgan fingerprint density at radius 2 is 0.862 bits per heavy atom. The van der Waals surface area contributed by atoms with Crippen LogP contribution in [0.25, 0.3) is 39.2 Å². The number of benzene rings is 3. The van der Waals surface area contributed by atoms with Gasteiger partial charge in [0.05, 0.1) is 4.47 Å². The van der Waals surface area contributed by atoms with Gasteiger partial charge in [0.1, 0.15) is 0 Å². The molecule has 6 heterocycles. The number of nitrogens with zero attached hydrogens (tertiary/aromatic N) is 9. The van der Waals surface area contributed by atoms with E-state index in [0.29, 0.717) is 16.1 Å². The molecule has 0 aliphatic rings. The van der Waals surface area contributed by atoms with Crippen molar-refractivity contribution in [1.82, 2.24) is 43.8 Å². The van der Waals surface area contributed by atoms with Crippen LogP contribution in [0.3, 0.4) is 0 Å². The highest BCUT2D eigenvalue weighted by atomic mass is 79.9. The number of pyridine rings is 3. The number of aryl methyl sites for hydroxylation is 6. The van der Waals surface area contributed by atoms with E-state index < -0.39 is 7.12 Å². The molecule has 0 unspecified atom stereocenters. The van der Waals surface area contributed by atoms with Crippen molar-refractivity contribution in [1.29, 1.82) is 0 Å². The van der Waals surface area contributed by atoms with Crippen LogP contribution < -0.4 is 16.9 Å². The molecule has 9 aromatic rings. The molecule has 0 saturated carbocycles. The minimum Gasteiger partial charge on any atom is -0.423 e. The van der Waals surface area contributed by atoms with Gasteiger partial charge >= 0.3 is 7.12 Å². The molecule has 0 bridgehead atoms. The van der Waals surface area contributed by atoms with Crippen molar-refractivity contribution in [2.75, 3.05) is 11.5 Å². The van der Waals surface area contributed by atoms with Crippen LogP contribution in [0.1, 0.15) is 33.4 Å². The fourth-order valence-corrected chi connectivity index (χ4v) is 7.56. The van der Waals surface area contributed by atoms with E-state index in [1.807, 2.05) is 68.7 Å². The van der Waals surface area contributed by atoms with Crippen molar-refractivity contribution >= 4 is 73.3 Å². The normalized spacial score (nSPS) is 10.7. The summed E-state index contributed by atoms with van der Waals surface area (Å²) in [6.45, 7) is 12.2. The number of nitrogens with two attached hydrogens (primary N) is 2. The third-order valence-electron chi connectivity index (χ3n) is 9.35. The first-order chi connectivity index (χ1) is 27.7. The van der Waals surface area contributed by atoms with Crippen molar-refractivity contribution in [3.63, 3.8) is 0 Å². The number of anilines is 2. The van der Waals surface area contributed by atoms with E-state index in [1.54, 1.807) is 19.7 Å². The standard InChI is InChI=1S/C14H12BrN3.C14H14N4.C8H11BO2.C6H5BrN4/c2*1-9-5-3-6-10(2)12(9)11-7-4-8-18-13(11)16-14(15)17-18;1-6-4-3-5-7(2)8(6)9(10)11;7-4-2-1-3-11-5(4)9-6(8)10-11/h3-8H,1-2H3;3-8H,1-2H3,(H2,15,17);3-5,10-11H,1-2H3;1-3H,(H2,8,10). The van der Waals surface area contributed by atoms with Gasteiger partial charge < -0.3 is 21.5 Å². The second-order valence-electron chi connectivity index (χ2n) is 13.5. The molecule has 13 nitrogen and oxygen atoms in total. The Kier molecular flexibility index (Phi) is 13.0. The number of hydrogen-bond acceptors (Lipinski definition) is 10. The predicted molar refractivity (Wildman–Crippen MR) is 239 cm³/mol. The number of fused-ring (bicyclic) bond motifs is 3. The lowest BCUT2D eigenvalue weighted by molar-refractivity contribution is 0.425. The molecule has 0 fully saturated rings. The summed E-state index contributed by atoms with van der Waals surface area (Å²) in [5.41, 5.74) is 25.5. The van der Waals surface area contributed by atoms with Crippen molar-refractivity contribution in [2.24, 2.45) is 0 Å². The van der Waals surface area contributed by atoms with Crippen LogP contribution in [0, 0.1) is 41.5 Å². The molecule has 0 saturated heterocycles. The van der Waals surface area contributed by atoms with Crippen LogP contribution in [0.4, 0.5) is 11.9 Å². The van der Waals surface area contributed by atoms with Crippen LogP contribution in [0.5, 0.6) is 0 Å². The molecule has 0 atom stereocenters. The van der Waals surface area contributed by atoms with E-state index in [0.717, 1.165) is 43.7 Å². The zero-order valence-electron chi connectivity index (χ0n) is 32.8. The molecule has 0 radical (unpaired) electrons. The van der Waals surface area contributed by atoms with E-state index in [-0.39, 0.29) is 5.95 Å². The van der Waals surface area contributed by atoms with E-state index in [9.17, 15) is 0 Å². The molecule has 0 aliphatic heterocycles. The highest BCUT2D eigenvalue weighted by Gasteiger charge is 2.16. The summed E-state index contributed by atoms with van der Waals surface area (Å²) in [6.07, 6.45) is 5.56. The molecule has 6 aromatic heterocycles. The van der Waals surface area contributed by atoms with Gasteiger partial charge in [-0.1, -0.05) is 65.7 Å². The number of aromatic nitrogens is 9. The number of hydrogen-bond donors (Lipinski definition) is 4. The minimum atomic E-state index is -1.35. The topological polar surface area (TPSA) is 183 Å². The Morgan fingerprint density at radius 3 is 1.29 bits per heavy atom. The minimum absolute atomic E-state index is 0.289. The van der Waals surface area contributed by atoms with Gasteiger partial charge in [-0.3, -0.25) is 0 Å². The molecule has 294 valence electrons. The summed E-state index contributed by atoms with van der Waals surface area (Å²) in [5.74, 6) is 0.589. The van der Waals surface area contributed by atoms with Crippen LogP contribution in [-0.4, -0.2) is 61.0 Å². The predicted octanol–water partition coefficient (Wildman–Crippen LogP) is 7.43. The van der Waals surface area contributed by atoms with E-state index >= 15 is 0 Å². The van der Waals surface area contributed by atoms with Gasteiger partial charge in [0.15, 0.2) is 16.9 Å². The second-order valence-corrected chi connectivity index (χ2v) is 15.1. The monoisotopic (exact) mass is 901 g/mol. The van der Waals surface area contributed by atoms with Crippen LogP contribution >= 0.6 is 31.9 Å². The van der Waals surface area contributed by atoms with Crippen LogP contribution in [-0.2, 0) is 0 Å². The lowest BCUT2D eigenvalue weighted by Crippen LogP contribution is -2.34. The summed E-state index contributed by atoms with van der Waals surface area (Å²) < 4.78 is 6.65. The van der Waals surface area contributed by atoms with Crippen LogP contribution in [0.15, 0.2) is 119 Å². The molecular weight excluding hydrogens is 861 g/mol. The number of rotatable bonds is 3. The Labute approximate surface area is 352 Å². The van der Waals surface area contributed by atoms with E-state index in [2.05, 4.69) is 138 Å². The Morgan fingerprint density at radius 1 is 0.483 bits per heavy atom. The third kappa shape index (κ3) is 9.26. The van der Waals surface area contributed by atoms with Crippen LogP contribution in [0.2, 0.25) is 0 Å². The maximum atomic E-state index is 8.94. The Hall–Kier alpha value is -5.94. The SMILES string of the molecule is Cc1cccc(C)c1-c1cccn2nc(Br)nc12.Cc1cccc(C)c1-c1cccn2nc(N)nc12.Cc1cccc(C)c1B(O)O.Nc1nc2c(Br)cccn2n1. The van der Waals surface area contributed by atoms with Gasteiger partial charge in [0.25, 0.3) is 0 Å². The number of halogens is 2. The van der Waals surface area contributed by atoms with Crippen molar-refractivity contribution in [3.8, 4) is 22.3 Å². The number of nitrogen functional groups attached to an aromatic ring is 2. The summed E-state index contributed by atoms with van der Waals surface area (Å²) in [7, 11) is -1.35. The highest BCUT2D eigenvalue weighted by molar-refractivity contribution is 9.10. The largest absolute Gasteiger partial charge is 0.488 e. The highest BCUT2D eigenvalue weighted by Crippen LogP contribution is 2.31.